The Kier molecular flexibility index (Phi) is 5.76. The lowest BCUT2D eigenvalue weighted by molar-refractivity contribution is -0.116. The predicted octanol–water partition coefficient (Wildman–Crippen LogP) is 5.51. The molecule has 3 heterocycles. The number of H-pyrrole nitrogens is 1. The molecule has 0 bridgehead atoms. The van der Waals surface area contributed by atoms with E-state index in [1.54, 1.807) is 30.2 Å². The molecule has 4 aromatic rings. The van der Waals surface area contributed by atoms with Crippen molar-refractivity contribution in [1.29, 1.82) is 0 Å². The van der Waals surface area contributed by atoms with Crippen LogP contribution in [0.15, 0.2) is 76.0 Å². The fourth-order valence-electron chi connectivity index (χ4n) is 5.54. The van der Waals surface area contributed by atoms with Gasteiger partial charge in [0.2, 0.25) is 0 Å². The van der Waals surface area contributed by atoms with Gasteiger partial charge in [-0.2, -0.15) is 0 Å². The Hall–Kier alpha value is -4.04. The van der Waals surface area contributed by atoms with Gasteiger partial charge in [-0.1, -0.05) is 24.3 Å². The monoisotopic (exact) mass is 513 g/mol. The lowest BCUT2D eigenvalue weighted by Crippen LogP contribution is -2.31. The van der Waals surface area contributed by atoms with Gasteiger partial charge in [0, 0.05) is 22.6 Å². The van der Waals surface area contributed by atoms with E-state index < -0.39 is 5.92 Å². The summed E-state index contributed by atoms with van der Waals surface area (Å²) < 4.78 is 12.5. The molecule has 2 aliphatic rings. The predicted molar refractivity (Wildman–Crippen MR) is 144 cm³/mol. The molecule has 2 aromatic heterocycles. The van der Waals surface area contributed by atoms with Gasteiger partial charge in [-0.05, 0) is 66.1 Å². The smallest absolute Gasteiger partial charge is 0.277 e. The number of ether oxygens (including phenoxy) is 2. The number of carbonyl (C=O) groups excluding carboxylic acids is 1. The van der Waals surface area contributed by atoms with Gasteiger partial charge in [-0.3, -0.25) is 14.7 Å². The van der Waals surface area contributed by atoms with E-state index in [4.69, 9.17) is 9.47 Å². The Balaban J connectivity index is 1.47. The zero-order valence-corrected chi connectivity index (χ0v) is 21.6. The molecule has 7 nitrogen and oxygen atoms in total. The standard InChI is InChI=1S/C29H27N3O4S/c1-16-11-12-37-27(16)25-24-20(30-28-26(25)29(34)32(31-28)19-7-5-4-6-8-19)13-18(14-21(24)33)17-9-10-22(35-2)23(15-17)36-3/h4-12,15,18,25,30-31H,13-14H2,1-3H3. The fourth-order valence-corrected chi connectivity index (χ4v) is 6.58. The first kappa shape index (κ1) is 23.4. The molecular weight excluding hydrogens is 486 g/mol. The van der Waals surface area contributed by atoms with Gasteiger partial charge in [0.15, 0.2) is 17.3 Å². The van der Waals surface area contributed by atoms with Crippen LogP contribution in [0.5, 0.6) is 11.5 Å². The molecule has 0 saturated heterocycles. The summed E-state index contributed by atoms with van der Waals surface area (Å²) in [5.74, 6) is 1.58. The Labute approximate surface area is 218 Å². The molecule has 2 unspecified atom stereocenters. The first-order valence-electron chi connectivity index (χ1n) is 12.2. The van der Waals surface area contributed by atoms with Crippen molar-refractivity contribution in [2.45, 2.75) is 31.6 Å². The average molecular weight is 514 g/mol. The summed E-state index contributed by atoms with van der Waals surface area (Å²) in [6, 6.07) is 17.4. The van der Waals surface area contributed by atoms with Crippen LogP contribution in [0.4, 0.5) is 5.82 Å². The number of benzene rings is 2. The van der Waals surface area contributed by atoms with Crippen LogP contribution in [0.2, 0.25) is 0 Å². The molecule has 6 rings (SSSR count). The summed E-state index contributed by atoms with van der Waals surface area (Å²) >= 11 is 1.59. The van der Waals surface area contributed by atoms with E-state index in [0.717, 1.165) is 27.4 Å². The molecule has 0 fully saturated rings. The maximum absolute atomic E-state index is 13.8. The molecule has 188 valence electrons. The van der Waals surface area contributed by atoms with Gasteiger partial charge in [-0.15, -0.1) is 11.3 Å². The maximum Gasteiger partial charge on any atom is 0.277 e. The molecule has 1 aliphatic heterocycles. The van der Waals surface area contributed by atoms with Crippen LogP contribution in [0, 0.1) is 6.92 Å². The number of nitrogens with one attached hydrogen (secondary N) is 2. The molecule has 2 N–H and O–H groups in total. The zero-order valence-electron chi connectivity index (χ0n) is 20.8. The zero-order chi connectivity index (χ0) is 25.7. The van der Waals surface area contributed by atoms with E-state index in [0.29, 0.717) is 41.3 Å². The SMILES string of the molecule is COc1ccc(C2CC(=O)C3=C(C2)Nc2[nH]n(-c4ccccc4)c(=O)c2C3c2sccc2C)cc1OC. The van der Waals surface area contributed by atoms with Crippen LogP contribution >= 0.6 is 11.3 Å². The second kappa shape index (κ2) is 9.12. The van der Waals surface area contributed by atoms with Crippen molar-refractivity contribution in [3.05, 3.63) is 103 Å². The number of carbonyl (C=O) groups is 1. The second-order valence-corrected chi connectivity index (χ2v) is 10.4. The average Bonchev–Trinajstić information content (AvgIpc) is 3.49. The molecule has 2 atom stereocenters. The summed E-state index contributed by atoms with van der Waals surface area (Å²) in [7, 11) is 3.22. The number of thiophene rings is 1. The van der Waals surface area contributed by atoms with E-state index in [-0.39, 0.29) is 17.3 Å². The minimum atomic E-state index is -0.404. The van der Waals surface area contributed by atoms with Crippen LogP contribution in [-0.2, 0) is 4.79 Å². The normalized spacial score (nSPS) is 18.7. The first-order chi connectivity index (χ1) is 18.0. The van der Waals surface area contributed by atoms with Crippen molar-refractivity contribution in [2.24, 2.45) is 0 Å². The highest BCUT2D eigenvalue weighted by Crippen LogP contribution is 2.49. The van der Waals surface area contributed by atoms with Crippen molar-refractivity contribution in [1.82, 2.24) is 9.78 Å². The Bertz CT molecular complexity index is 1590. The van der Waals surface area contributed by atoms with Gasteiger partial charge in [0.25, 0.3) is 5.56 Å². The minimum Gasteiger partial charge on any atom is -0.493 e. The molecule has 0 amide bonds. The van der Waals surface area contributed by atoms with Gasteiger partial charge in [0.1, 0.15) is 5.82 Å². The van der Waals surface area contributed by atoms with Crippen molar-refractivity contribution in [2.75, 3.05) is 19.5 Å². The fraction of sp³-hybridized carbons (Fsp3) is 0.241. The number of Topliss-reactive ketones (excluding diaryl/α,β-unsaturated/α-hetero) is 1. The van der Waals surface area contributed by atoms with Gasteiger partial charge < -0.3 is 14.8 Å². The number of fused-ring (bicyclic) bond motifs is 1. The number of anilines is 1. The summed E-state index contributed by atoms with van der Waals surface area (Å²) in [6.07, 6.45) is 1.01. The summed E-state index contributed by atoms with van der Waals surface area (Å²) in [6.45, 7) is 2.04. The highest BCUT2D eigenvalue weighted by Gasteiger charge is 2.42. The molecule has 1 aliphatic carbocycles. The number of para-hydroxylation sites is 1. The number of allylic oxidation sites excluding steroid dienone is 2. The van der Waals surface area contributed by atoms with E-state index in [1.807, 2.05) is 66.9 Å². The molecule has 2 aromatic carbocycles. The third kappa shape index (κ3) is 3.79. The summed E-state index contributed by atoms with van der Waals surface area (Å²) in [4.78, 5) is 28.6. The molecule has 37 heavy (non-hydrogen) atoms. The highest BCUT2D eigenvalue weighted by molar-refractivity contribution is 7.10. The molecule has 0 saturated carbocycles. The Morgan fingerprint density at radius 2 is 1.76 bits per heavy atom. The third-order valence-electron chi connectivity index (χ3n) is 7.34. The van der Waals surface area contributed by atoms with Crippen LogP contribution in [0.25, 0.3) is 5.69 Å². The summed E-state index contributed by atoms with van der Waals surface area (Å²) in [5, 5.41) is 8.76. The number of hydrogen-bond acceptors (Lipinski definition) is 6. The Morgan fingerprint density at radius 1 is 0.973 bits per heavy atom. The molecule has 0 radical (unpaired) electrons. The van der Waals surface area contributed by atoms with Gasteiger partial charge >= 0.3 is 0 Å². The van der Waals surface area contributed by atoms with Crippen molar-refractivity contribution in [3.63, 3.8) is 0 Å². The number of aryl methyl sites for hydroxylation is 1. The van der Waals surface area contributed by atoms with Crippen LogP contribution in [-0.4, -0.2) is 29.8 Å². The van der Waals surface area contributed by atoms with Gasteiger partial charge in [-0.25, -0.2) is 4.68 Å². The lowest BCUT2D eigenvalue weighted by atomic mass is 9.74. The third-order valence-corrected chi connectivity index (χ3v) is 8.43. The number of aromatic nitrogens is 2. The van der Waals surface area contributed by atoms with Crippen molar-refractivity contribution in [3.8, 4) is 17.2 Å². The van der Waals surface area contributed by atoms with Crippen LogP contribution in [0.3, 0.4) is 0 Å². The van der Waals surface area contributed by atoms with Crippen molar-refractivity contribution >= 4 is 22.9 Å². The first-order valence-corrected chi connectivity index (χ1v) is 13.1. The van der Waals surface area contributed by atoms with E-state index in [1.165, 1.54) is 0 Å². The number of nitrogens with zero attached hydrogens (tertiary/aromatic N) is 1. The minimum absolute atomic E-state index is 0.0203. The van der Waals surface area contributed by atoms with Crippen molar-refractivity contribution < 1.29 is 14.3 Å². The number of aromatic amines is 1. The van der Waals surface area contributed by atoms with Gasteiger partial charge in [0.05, 0.1) is 31.4 Å². The molecule has 0 spiro atoms. The number of methoxy groups -OCH3 is 2. The van der Waals surface area contributed by atoms with E-state index >= 15 is 0 Å². The highest BCUT2D eigenvalue weighted by atomic mass is 32.1. The maximum atomic E-state index is 13.8. The topological polar surface area (TPSA) is 85.4 Å². The Morgan fingerprint density at radius 3 is 2.46 bits per heavy atom. The quantitative estimate of drug-likeness (QED) is 0.368. The largest absolute Gasteiger partial charge is 0.493 e. The number of ketones is 1. The van der Waals surface area contributed by atoms with Crippen LogP contribution in [0.1, 0.15) is 46.2 Å². The summed E-state index contributed by atoms with van der Waals surface area (Å²) in [5.41, 5.74) is 4.85. The van der Waals surface area contributed by atoms with E-state index in [9.17, 15) is 9.59 Å². The number of rotatable bonds is 5. The van der Waals surface area contributed by atoms with E-state index in [2.05, 4.69) is 10.4 Å². The molecule has 8 heteroatoms. The van der Waals surface area contributed by atoms with Crippen LogP contribution < -0.4 is 20.3 Å². The number of hydrogen-bond donors (Lipinski definition) is 2. The lowest BCUT2D eigenvalue weighted by Gasteiger charge is -2.34. The second-order valence-electron chi connectivity index (χ2n) is 9.44. The molecular formula is C29H27N3O4S.